The third kappa shape index (κ3) is 1.62. The summed E-state index contributed by atoms with van der Waals surface area (Å²) in [6.07, 6.45) is 12.1. The summed E-state index contributed by atoms with van der Waals surface area (Å²) in [5.74, 6) is 1.71. The fourth-order valence-electron chi connectivity index (χ4n) is 7.96. The van der Waals surface area contributed by atoms with Crippen molar-refractivity contribution in [3.8, 4) is 0 Å². The molecule has 4 rings (SSSR count). The smallest absolute Gasteiger partial charge is 0.0596 e. The predicted molar refractivity (Wildman–Crippen MR) is 87.0 cm³/mol. The Bertz CT molecular complexity index is 455. The minimum atomic E-state index is -0.0325. The Morgan fingerprint density at radius 2 is 1.67 bits per heavy atom. The summed E-state index contributed by atoms with van der Waals surface area (Å²) >= 11 is 0. The molecule has 0 aromatic heterocycles. The van der Waals surface area contributed by atoms with Crippen LogP contribution in [0.2, 0.25) is 0 Å². The molecular formula is C20H34O. The van der Waals surface area contributed by atoms with Crippen molar-refractivity contribution in [3.63, 3.8) is 0 Å². The van der Waals surface area contributed by atoms with Gasteiger partial charge in [-0.3, -0.25) is 0 Å². The largest absolute Gasteiger partial charge is 0.393 e. The first-order valence-electron chi connectivity index (χ1n) is 9.42. The molecule has 0 saturated heterocycles. The summed E-state index contributed by atoms with van der Waals surface area (Å²) < 4.78 is 0. The normalized spacial score (nSPS) is 58.4. The van der Waals surface area contributed by atoms with Gasteiger partial charge in [-0.2, -0.15) is 0 Å². The van der Waals surface area contributed by atoms with Crippen molar-refractivity contribution in [1.29, 1.82) is 0 Å². The molecular weight excluding hydrogens is 256 g/mol. The van der Waals surface area contributed by atoms with Crippen molar-refractivity contribution >= 4 is 0 Å². The van der Waals surface area contributed by atoms with Crippen LogP contribution in [0, 0.1) is 33.5 Å². The molecule has 0 heterocycles. The summed E-state index contributed by atoms with van der Waals surface area (Å²) in [7, 11) is 0. The number of rotatable bonds is 0. The second-order valence-corrected chi connectivity index (χ2v) is 10.3. The van der Waals surface area contributed by atoms with Gasteiger partial charge in [0.1, 0.15) is 0 Å². The molecule has 0 amide bonds. The summed E-state index contributed by atoms with van der Waals surface area (Å²) in [5.41, 5.74) is 1.85. The van der Waals surface area contributed by atoms with Crippen molar-refractivity contribution in [1.82, 2.24) is 0 Å². The van der Waals surface area contributed by atoms with E-state index in [0.29, 0.717) is 16.2 Å². The SMILES string of the molecule is CC1(C)CCC[C@@]2(C)[C@H]1CC[C@H]1C[C@@H](O)[C@]3(C)CC[C@]12C3. The molecule has 1 heteroatoms. The number of fused-ring (bicyclic) bond motifs is 2. The van der Waals surface area contributed by atoms with E-state index >= 15 is 0 Å². The van der Waals surface area contributed by atoms with Crippen LogP contribution in [0.15, 0.2) is 0 Å². The molecule has 0 unspecified atom stereocenters. The van der Waals surface area contributed by atoms with Crippen LogP contribution in [0.25, 0.3) is 0 Å². The first-order valence-corrected chi connectivity index (χ1v) is 9.42. The third-order valence-electron chi connectivity index (χ3n) is 9.13. The molecule has 1 spiro atoms. The van der Waals surface area contributed by atoms with Gasteiger partial charge in [-0.25, -0.2) is 0 Å². The Balaban J connectivity index is 1.79. The summed E-state index contributed by atoms with van der Waals surface area (Å²) in [6, 6.07) is 0. The van der Waals surface area contributed by atoms with Gasteiger partial charge in [-0.05, 0) is 84.9 Å². The van der Waals surface area contributed by atoms with E-state index in [2.05, 4.69) is 27.7 Å². The fourth-order valence-corrected chi connectivity index (χ4v) is 7.96. The average Bonchev–Trinajstić information content (AvgIpc) is 2.70. The lowest BCUT2D eigenvalue weighted by atomic mass is 9.38. The van der Waals surface area contributed by atoms with Crippen molar-refractivity contribution in [2.75, 3.05) is 0 Å². The van der Waals surface area contributed by atoms with E-state index in [-0.39, 0.29) is 11.5 Å². The van der Waals surface area contributed by atoms with E-state index in [1.165, 1.54) is 51.4 Å². The molecule has 6 atom stereocenters. The van der Waals surface area contributed by atoms with Gasteiger partial charge >= 0.3 is 0 Å². The van der Waals surface area contributed by atoms with Gasteiger partial charge in [-0.15, -0.1) is 0 Å². The van der Waals surface area contributed by atoms with E-state index in [1.54, 1.807) is 0 Å². The summed E-state index contributed by atoms with van der Waals surface area (Å²) in [5, 5.41) is 10.7. The number of hydrogen-bond acceptors (Lipinski definition) is 1. The van der Waals surface area contributed by atoms with Gasteiger partial charge in [0, 0.05) is 0 Å². The van der Waals surface area contributed by atoms with Crippen LogP contribution < -0.4 is 0 Å². The topological polar surface area (TPSA) is 20.2 Å². The maximum Gasteiger partial charge on any atom is 0.0596 e. The highest BCUT2D eigenvalue weighted by Crippen LogP contribution is 2.76. The lowest BCUT2D eigenvalue weighted by molar-refractivity contribution is -0.189. The molecule has 1 N–H and O–H groups in total. The van der Waals surface area contributed by atoms with Gasteiger partial charge in [0.05, 0.1) is 6.10 Å². The molecule has 21 heavy (non-hydrogen) atoms. The molecule has 4 saturated carbocycles. The first kappa shape index (κ1) is 14.5. The quantitative estimate of drug-likeness (QED) is 0.652. The number of aliphatic hydroxyl groups excluding tert-OH is 1. The Labute approximate surface area is 130 Å². The minimum Gasteiger partial charge on any atom is -0.393 e. The van der Waals surface area contributed by atoms with Crippen molar-refractivity contribution in [2.45, 2.75) is 91.6 Å². The van der Waals surface area contributed by atoms with E-state index in [4.69, 9.17) is 0 Å². The highest BCUT2D eigenvalue weighted by Gasteiger charge is 2.68. The van der Waals surface area contributed by atoms with E-state index in [0.717, 1.165) is 18.3 Å². The van der Waals surface area contributed by atoms with Crippen LogP contribution in [0.1, 0.15) is 85.5 Å². The average molecular weight is 290 g/mol. The van der Waals surface area contributed by atoms with Crippen LogP contribution in [0.3, 0.4) is 0 Å². The van der Waals surface area contributed by atoms with Gasteiger partial charge in [-0.1, -0.05) is 34.1 Å². The summed E-state index contributed by atoms with van der Waals surface area (Å²) in [6.45, 7) is 10.1. The molecule has 120 valence electrons. The zero-order chi connectivity index (χ0) is 15.1. The van der Waals surface area contributed by atoms with Crippen LogP contribution in [-0.2, 0) is 0 Å². The molecule has 4 aliphatic rings. The highest BCUT2D eigenvalue weighted by molar-refractivity contribution is 5.18. The second kappa shape index (κ2) is 4.08. The highest BCUT2D eigenvalue weighted by atomic mass is 16.3. The van der Waals surface area contributed by atoms with Gasteiger partial charge in [0.15, 0.2) is 0 Å². The van der Waals surface area contributed by atoms with E-state index in [9.17, 15) is 5.11 Å². The molecule has 0 radical (unpaired) electrons. The zero-order valence-corrected chi connectivity index (χ0v) is 14.5. The van der Waals surface area contributed by atoms with Crippen LogP contribution in [0.4, 0.5) is 0 Å². The maximum atomic E-state index is 10.7. The molecule has 0 aromatic rings. The Morgan fingerprint density at radius 3 is 2.43 bits per heavy atom. The lowest BCUT2D eigenvalue weighted by Gasteiger charge is -2.67. The first-order chi connectivity index (χ1) is 9.74. The Kier molecular flexibility index (Phi) is 2.82. The standard InChI is InChI=1S/C20H34O/c1-17(2)8-5-9-19(4)15(17)7-6-14-12-16(21)18(3)10-11-20(14,19)13-18/h14-16,21H,5-13H2,1-4H3/t14-,15-,16+,18+,19-,20-/m0/s1. The number of hydrogen-bond donors (Lipinski definition) is 1. The molecule has 0 aliphatic heterocycles. The van der Waals surface area contributed by atoms with Gasteiger partial charge in [0.25, 0.3) is 0 Å². The molecule has 1 nitrogen and oxygen atoms in total. The monoisotopic (exact) mass is 290 g/mol. The molecule has 2 bridgehead atoms. The van der Waals surface area contributed by atoms with Gasteiger partial charge < -0.3 is 5.11 Å². The molecule has 4 fully saturated rings. The lowest BCUT2D eigenvalue weighted by Crippen LogP contribution is -2.60. The maximum absolute atomic E-state index is 10.7. The van der Waals surface area contributed by atoms with Crippen LogP contribution in [0.5, 0.6) is 0 Å². The van der Waals surface area contributed by atoms with E-state index in [1.807, 2.05) is 0 Å². The third-order valence-corrected chi connectivity index (χ3v) is 9.13. The zero-order valence-electron chi connectivity index (χ0n) is 14.5. The molecule has 0 aromatic carbocycles. The van der Waals surface area contributed by atoms with Crippen molar-refractivity contribution in [3.05, 3.63) is 0 Å². The second-order valence-electron chi connectivity index (χ2n) is 10.3. The summed E-state index contributed by atoms with van der Waals surface area (Å²) in [4.78, 5) is 0. The molecule has 4 aliphatic carbocycles. The predicted octanol–water partition coefficient (Wildman–Crippen LogP) is 5.17. The number of aliphatic hydroxyl groups is 1. The van der Waals surface area contributed by atoms with Crippen molar-refractivity contribution in [2.24, 2.45) is 33.5 Å². The minimum absolute atomic E-state index is 0.0325. The Morgan fingerprint density at radius 1 is 0.905 bits per heavy atom. The van der Waals surface area contributed by atoms with Crippen LogP contribution >= 0.6 is 0 Å². The fraction of sp³-hybridized carbons (Fsp3) is 1.00. The van der Waals surface area contributed by atoms with E-state index < -0.39 is 0 Å². The van der Waals surface area contributed by atoms with Gasteiger partial charge in [0.2, 0.25) is 0 Å². The van der Waals surface area contributed by atoms with Crippen LogP contribution in [-0.4, -0.2) is 11.2 Å². The Hall–Kier alpha value is -0.0400. The van der Waals surface area contributed by atoms with Crippen molar-refractivity contribution < 1.29 is 5.11 Å².